The van der Waals surface area contributed by atoms with Crippen LogP contribution in [0, 0.1) is 12.8 Å². The highest BCUT2D eigenvalue weighted by Crippen LogP contribution is 2.50. The normalized spacial score (nSPS) is 15.1. The number of nitrogens with two attached hydrogens (primary N) is 1. The number of rotatable bonds is 7. The molecule has 0 radical (unpaired) electrons. The SMILES string of the molecule is CNC(=O)Cn1cc(-c2nc(C(C)(c3ccc(-c4cnc(N)nc4C)cc3)C3CC3)no2)cn1. The predicted molar refractivity (Wildman–Crippen MR) is 125 cm³/mol. The minimum atomic E-state index is -0.384. The molecule has 0 saturated heterocycles. The van der Waals surface area contributed by atoms with E-state index >= 15 is 0 Å². The van der Waals surface area contributed by atoms with Gasteiger partial charge in [0.15, 0.2) is 5.82 Å². The van der Waals surface area contributed by atoms with Crippen LogP contribution >= 0.6 is 0 Å². The number of aromatic nitrogens is 6. The van der Waals surface area contributed by atoms with Gasteiger partial charge in [0.2, 0.25) is 11.9 Å². The molecule has 1 amide bonds. The van der Waals surface area contributed by atoms with Gasteiger partial charge < -0.3 is 15.6 Å². The minimum absolute atomic E-state index is 0.127. The second kappa shape index (κ2) is 8.36. The Kier molecular flexibility index (Phi) is 5.35. The first-order chi connectivity index (χ1) is 16.4. The van der Waals surface area contributed by atoms with Crippen molar-refractivity contribution in [1.29, 1.82) is 0 Å². The summed E-state index contributed by atoms with van der Waals surface area (Å²) in [4.78, 5) is 24.8. The fourth-order valence-electron chi connectivity index (χ4n) is 4.31. The molecule has 4 aromatic rings. The fraction of sp³-hybridized carbons (Fsp3) is 0.333. The summed E-state index contributed by atoms with van der Waals surface area (Å²) in [5.41, 5.74) is 9.92. The zero-order chi connectivity index (χ0) is 23.9. The van der Waals surface area contributed by atoms with Crippen LogP contribution in [-0.4, -0.2) is 42.8 Å². The number of nitrogens with zero attached hydrogens (tertiary/aromatic N) is 6. The Morgan fingerprint density at radius 2 is 1.97 bits per heavy atom. The summed E-state index contributed by atoms with van der Waals surface area (Å²) in [5, 5.41) is 11.2. The summed E-state index contributed by atoms with van der Waals surface area (Å²) in [6.45, 7) is 4.22. The third kappa shape index (κ3) is 3.91. The van der Waals surface area contributed by atoms with Crippen LogP contribution in [0.3, 0.4) is 0 Å². The molecular formula is C24H26N8O2. The maximum absolute atomic E-state index is 11.6. The molecule has 0 spiro atoms. The Bertz CT molecular complexity index is 1340. The molecule has 34 heavy (non-hydrogen) atoms. The molecule has 1 aliphatic carbocycles. The van der Waals surface area contributed by atoms with Crippen LogP contribution in [0.1, 0.15) is 36.8 Å². The first kappa shape index (κ1) is 21.7. The number of carbonyl (C=O) groups excluding carboxylic acids is 1. The smallest absolute Gasteiger partial charge is 0.261 e. The maximum Gasteiger partial charge on any atom is 0.261 e. The second-order valence-corrected chi connectivity index (χ2v) is 8.80. The first-order valence-corrected chi connectivity index (χ1v) is 11.2. The molecule has 10 nitrogen and oxygen atoms in total. The zero-order valence-electron chi connectivity index (χ0n) is 19.3. The highest BCUT2D eigenvalue weighted by atomic mass is 16.5. The molecular weight excluding hydrogens is 432 g/mol. The highest BCUT2D eigenvalue weighted by Gasteiger charge is 2.47. The van der Waals surface area contributed by atoms with Crippen LogP contribution < -0.4 is 11.1 Å². The van der Waals surface area contributed by atoms with Crippen LogP contribution in [-0.2, 0) is 16.8 Å². The molecule has 1 fully saturated rings. The van der Waals surface area contributed by atoms with E-state index in [1.165, 1.54) is 0 Å². The third-order valence-corrected chi connectivity index (χ3v) is 6.54. The van der Waals surface area contributed by atoms with Crippen molar-refractivity contribution in [3.05, 3.63) is 59.9 Å². The van der Waals surface area contributed by atoms with Crippen molar-refractivity contribution in [2.75, 3.05) is 12.8 Å². The van der Waals surface area contributed by atoms with Crippen LogP contribution in [0.25, 0.3) is 22.6 Å². The van der Waals surface area contributed by atoms with E-state index in [2.05, 4.69) is 56.7 Å². The molecule has 1 unspecified atom stereocenters. The molecule has 1 atom stereocenters. The second-order valence-electron chi connectivity index (χ2n) is 8.80. The van der Waals surface area contributed by atoms with Crippen LogP contribution in [0.2, 0.25) is 0 Å². The van der Waals surface area contributed by atoms with Crippen LogP contribution in [0.15, 0.2) is 47.4 Å². The van der Waals surface area contributed by atoms with Gasteiger partial charge in [0.25, 0.3) is 5.89 Å². The standard InChI is InChI=1S/C24H26N8O2/c1-14-19(11-27-23(25)29-14)15-4-6-17(7-5-15)24(2,18-8-9-18)22-30-21(34-31-22)16-10-28-32(12-16)13-20(33)26-3/h4-7,10-12,18H,8-9,13H2,1-3H3,(H,26,33)(H2,25,27,29). The van der Waals surface area contributed by atoms with Crippen molar-refractivity contribution in [3.8, 4) is 22.6 Å². The van der Waals surface area contributed by atoms with Crippen molar-refractivity contribution in [1.82, 2.24) is 35.2 Å². The van der Waals surface area contributed by atoms with Gasteiger partial charge in [0, 0.05) is 25.0 Å². The van der Waals surface area contributed by atoms with Gasteiger partial charge in [-0.2, -0.15) is 10.1 Å². The average Bonchev–Trinajstić information content (AvgIpc) is 3.39. The number of benzene rings is 1. The van der Waals surface area contributed by atoms with E-state index < -0.39 is 0 Å². The average molecular weight is 459 g/mol. The number of amides is 1. The molecule has 174 valence electrons. The third-order valence-electron chi connectivity index (χ3n) is 6.54. The van der Waals surface area contributed by atoms with Gasteiger partial charge >= 0.3 is 0 Å². The quantitative estimate of drug-likeness (QED) is 0.431. The van der Waals surface area contributed by atoms with Gasteiger partial charge in [0.05, 0.1) is 22.9 Å². The molecule has 10 heteroatoms. The molecule has 0 aliphatic heterocycles. The first-order valence-electron chi connectivity index (χ1n) is 11.2. The number of hydrogen-bond donors (Lipinski definition) is 2. The summed E-state index contributed by atoms with van der Waals surface area (Å²) < 4.78 is 7.16. The van der Waals surface area contributed by atoms with Gasteiger partial charge in [-0.15, -0.1) is 0 Å². The molecule has 3 heterocycles. The molecule has 1 aliphatic rings. The van der Waals surface area contributed by atoms with Gasteiger partial charge in [-0.3, -0.25) is 9.48 Å². The van der Waals surface area contributed by atoms with E-state index in [1.54, 1.807) is 30.3 Å². The monoisotopic (exact) mass is 458 g/mol. The lowest BCUT2D eigenvalue weighted by molar-refractivity contribution is -0.121. The van der Waals surface area contributed by atoms with E-state index in [9.17, 15) is 4.79 Å². The van der Waals surface area contributed by atoms with Crippen molar-refractivity contribution < 1.29 is 9.32 Å². The summed E-state index contributed by atoms with van der Waals surface area (Å²) in [7, 11) is 1.59. The molecule has 1 aromatic carbocycles. The molecule has 3 N–H and O–H groups in total. The van der Waals surface area contributed by atoms with E-state index in [1.807, 2.05) is 6.92 Å². The Hall–Kier alpha value is -4.08. The van der Waals surface area contributed by atoms with Gasteiger partial charge in [-0.25, -0.2) is 9.97 Å². The molecule has 3 aromatic heterocycles. The van der Waals surface area contributed by atoms with Gasteiger partial charge in [-0.05, 0) is 43.7 Å². The number of carbonyl (C=O) groups is 1. The Morgan fingerprint density at radius 3 is 2.65 bits per heavy atom. The topological polar surface area (TPSA) is 138 Å². The Labute approximate surface area is 196 Å². The van der Waals surface area contributed by atoms with Crippen LogP contribution in [0.5, 0.6) is 0 Å². The van der Waals surface area contributed by atoms with Crippen molar-refractivity contribution in [2.45, 2.75) is 38.6 Å². The zero-order valence-corrected chi connectivity index (χ0v) is 19.3. The predicted octanol–water partition coefficient (Wildman–Crippen LogP) is 2.74. The summed E-state index contributed by atoms with van der Waals surface area (Å²) >= 11 is 0. The highest BCUT2D eigenvalue weighted by molar-refractivity contribution is 5.75. The van der Waals surface area contributed by atoms with Gasteiger partial charge in [0.1, 0.15) is 6.54 Å². The number of nitrogens with one attached hydrogen (secondary N) is 1. The maximum atomic E-state index is 11.6. The lowest BCUT2D eigenvalue weighted by atomic mass is 9.76. The van der Waals surface area contributed by atoms with Gasteiger partial charge in [-0.1, -0.05) is 29.4 Å². The van der Waals surface area contributed by atoms with Crippen LogP contribution in [0.4, 0.5) is 5.95 Å². The minimum Gasteiger partial charge on any atom is -0.368 e. The fourth-order valence-corrected chi connectivity index (χ4v) is 4.31. The lowest BCUT2D eigenvalue weighted by Gasteiger charge is -2.27. The molecule has 1 saturated carbocycles. The van der Waals surface area contributed by atoms with E-state index in [0.29, 0.717) is 23.2 Å². The summed E-state index contributed by atoms with van der Waals surface area (Å²) in [6.07, 6.45) is 7.32. The molecule has 5 rings (SSSR count). The van der Waals surface area contributed by atoms with E-state index in [4.69, 9.17) is 15.2 Å². The van der Waals surface area contributed by atoms with Crippen molar-refractivity contribution in [2.24, 2.45) is 5.92 Å². The Balaban J connectivity index is 1.44. The number of aryl methyl sites for hydroxylation is 1. The summed E-state index contributed by atoms with van der Waals surface area (Å²) in [5.74, 6) is 1.60. The lowest BCUT2D eigenvalue weighted by Crippen LogP contribution is -2.28. The number of anilines is 1. The number of hydrogen-bond acceptors (Lipinski definition) is 8. The Morgan fingerprint density at radius 1 is 1.21 bits per heavy atom. The number of nitrogen functional groups attached to an aromatic ring is 1. The number of likely N-dealkylation sites (N-methyl/N-ethyl adjacent to an activating group) is 1. The largest absolute Gasteiger partial charge is 0.368 e. The van der Waals surface area contributed by atoms with E-state index in [0.717, 1.165) is 35.2 Å². The van der Waals surface area contributed by atoms with E-state index in [-0.39, 0.29) is 23.8 Å². The van der Waals surface area contributed by atoms with Crippen molar-refractivity contribution in [3.63, 3.8) is 0 Å². The summed E-state index contributed by atoms with van der Waals surface area (Å²) in [6, 6.07) is 8.37. The van der Waals surface area contributed by atoms with Crippen molar-refractivity contribution >= 4 is 11.9 Å². The molecule has 0 bridgehead atoms.